The topological polar surface area (TPSA) is 49.8 Å². The largest absolute Gasteiger partial charge is 0.489 e. The lowest BCUT2D eigenvalue weighted by Crippen LogP contribution is -2.43. The molecule has 0 aromatic heterocycles. The molecule has 1 atom stereocenters. The molecule has 0 bridgehead atoms. The molecule has 1 saturated heterocycles. The first-order valence-electron chi connectivity index (χ1n) is 6.18. The summed E-state index contributed by atoms with van der Waals surface area (Å²) in [6.07, 6.45) is -4.34. The van der Waals surface area contributed by atoms with Gasteiger partial charge in [0.1, 0.15) is 11.9 Å². The van der Waals surface area contributed by atoms with E-state index in [0.29, 0.717) is 25.1 Å². The van der Waals surface area contributed by atoms with E-state index >= 15 is 0 Å². The monoisotopic (exact) mass is 289 g/mol. The Balaban J connectivity index is 1.98. The Morgan fingerprint density at radius 3 is 2.50 bits per heavy atom. The smallest absolute Gasteiger partial charge is 0.416 e. The lowest BCUT2D eigenvalue weighted by atomic mass is 10.1. The highest BCUT2D eigenvalue weighted by Gasteiger charge is 2.30. The van der Waals surface area contributed by atoms with E-state index < -0.39 is 17.8 Å². The Labute approximate surface area is 113 Å². The molecule has 7 heteroatoms. The highest BCUT2D eigenvalue weighted by Crippen LogP contribution is 2.30. The minimum atomic E-state index is -4.37. The van der Waals surface area contributed by atoms with Crippen LogP contribution < -0.4 is 4.74 Å². The molecule has 0 spiro atoms. The maximum Gasteiger partial charge on any atom is 0.416 e. The lowest BCUT2D eigenvalue weighted by molar-refractivity contribution is -0.137. The molecule has 1 fully saturated rings. The molecular formula is C13H14F3NO3. The van der Waals surface area contributed by atoms with Crippen molar-refractivity contribution in [2.24, 2.45) is 0 Å². The van der Waals surface area contributed by atoms with Gasteiger partial charge in [-0.2, -0.15) is 13.2 Å². The van der Waals surface area contributed by atoms with Gasteiger partial charge in [0.15, 0.2) is 0 Å². The summed E-state index contributed by atoms with van der Waals surface area (Å²) in [6.45, 7) is 0.693. The van der Waals surface area contributed by atoms with Crippen LogP contribution in [0.3, 0.4) is 0 Å². The van der Waals surface area contributed by atoms with Crippen molar-refractivity contribution in [1.29, 1.82) is 0 Å². The van der Waals surface area contributed by atoms with Crippen molar-refractivity contribution in [3.8, 4) is 5.75 Å². The van der Waals surface area contributed by atoms with Gasteiger partial charge in [-0.15, -0.1) is 0 Å². The highest BCUT2D eigenvalue weighted by molar-refractivity contribution is 5.65. The highest BCUT2D eigenvalue weighted by atomic mass is 19.4. The first-order chi connectivity index (χ1) is 9.36. The van der Waals surface area contributed by atoms with Crippen molar-refractivity contribution in [2.45, 2.75) is 25.1 Å². The van der Waals surface area contributed by atoms with Crippen LogP contribution in [0.4, 0.5) is 18.0 Å². The predicted octanol–water partition coefficient (Wildman–Crippen LogP) is 3.23. The van der Waals surface area contributed by atoms with E-state index in [9.17, 15) is 18.0 Å². The summed E-state index contributed by atoms with van der Waals surface area (Å²) in [5.74, 6) is 0.315. The van der Waals surface area contributed by atoms with Gasteiger partial charge in [-0.05, 0) is 37.1 Å². The molecule has 0 radical (unpaired) electrons. The second-order valence-corrected chi connectivity index (χ2v) is 4.63. The summed E-state index contributed by atoms with van der Waals surface area (Å²) in [5, 5.41) is 8.89. The number of rotatable bonds is 2. The van der Waals surface area contributed by atoms with Gasteiger partial charge in [0.05, 0.1) is 12.1 Å². The molecule has 0 aliphatic carbocycles. The molecule has 2 rings (SSSR count). The maximum absolute atomic E-state index is 12.4. The van der Waals surface area contributed by atoms with Crippen molar-refractivity contribution in [3.05, 3.63) is 29.8 Å². The quantitative estimate of drug-likeness (QED) is 0.909. The first kappa shape index (κ1) is 14.5. The number of likely N-dealkylation sites (tertiary alicyclic amines) is 1. The van der Waals surface area contributed by atoms with Crippen molar-refractivity contribution in [2.75, 3.05) is 13.1 Å². The van der Waals surface area contributed by atoms with Crippen LogP contribution in [0.1, 0.15) is 18.4 Å². The second-order valence-electron chi connectivity index (χ2n) is 4.63. The standard InChI is InChI=1S/C13H14F3NO3/c14-13(15,16)9-3-5-10(6-4-9)20-11-2-1-7-17(8-11)12(18)19/h3-6,11H,1-2,7-8H2,(H,18,19). The Kier molecular flexibility index (Phi) is 4.06. The summed E-state index contributed by atoms with van der Waals surface area (Å²) in [5.41, 5.74) is -0.736. The van der Waals surface area contributed by atoms with Crippen molar-refractivity contribution >= 4 is 6.09 Å². The molecule has 1 N–H and O–H groups in total. The average molecular weight is 289 g/mol. The van der Waals surface area contributed by atoms with Gasteiger partial charge in [0.2, 0.25) is 0 Å². The fourth-order valence-electron chi connectivity index (χ4n) is 2.12. The molecule has 0 saturated carbocycles. The number of alkyl halides is 3. The molecule has 1 aliphatic heterocycles. The third-order valence-electron chi connectivity index (χ3n) is 3.13. The minimum absolute atomic E-state index is 0.232. The zero-order valence-corrected chi connectivity index (χ0v) is 10.6. The van der Waals surface area contributed by atoms with E-state index in [1.807, 2.05) is 0 Å². The Bertz CT molecular complexity index is 473. The zero-order valence-electron chi connectivity index (χ0n) is 10.6. The van der Waals surface area contributed by atoms with Crippen molar-refractivity contribution < 1.29 is 27.8 Å². The van der Waals surface area contributed by atoms with Gasteiger partial charge in [0.25, 0.3) is 0 Å². The van der Waals surface area contributed by atoms with Crippen LogP contribution in [0, 0.1) is 0 Å². The van der Waals surface area contributed by atoms with Gasteiger partial charge in [-0.25, -0.2) is 4.79 Å². The normalized spacial score (nSPS) is 19.8. The number of nitrogens with zero attached hydrogens (tertiary/aromatic N) is 1. The zero-order chi connectivity index (χ0) is 14.8. The molecule has 1 aromatic rings. The summed E-state index contributed by atoms with van der Waals surface area (Å²) in [4.78, 5) is 12.1. The summed E-state index contributed by atoms with van der Waals surface area (Å²) < 4.78 is 42.7. The first-order valence-corrected chi connectivity index (χ1v) is 6.18. The van der Waals surface area contributed by atoms with Gasteiger partial charge in [-0.1, -0.05) is 0 Å². The van der Waals surface area contributed by atoms with Crippen LogP contribution >= 0.6 is 0 Å². The van der Waals surface area contributed by atoms with Crippen LogP contribution in [0.15, 0.2) is 24.3 Å². The SMILES string of the molecule is O=C(O)N1CCCC(Oc2ccc(C(F)(F)F)cc2)C1. The minimum Gasteiger partial charge on any atom is -0.489 e. The average Bonchev–Trinajstić information content (AvgIpc) is 2.38. The van der Waals surface area contributed by atoms with Crippen molar-refractivity contribution in [1.82, 2.24) is 4.90 Å². The Hall–Kier alpha value is -1.92. The number of hydrogen-bond donors (Lipinski definition) is 1. The molecule has 1 heterocycles. The number of piperidine rings is 1. The number of carbonyl (C=O) groups is 1. The fraction of sp³-hybridized carbons (Fsp3) is 0.462. The Morgan fingerprint density at radius 2 is 1.95 bits per heavy atom. The number of amides is 1. The van der Waals surface area contributed by atoms with Gasteiger partial charge >= 0.3 is 12.3 Å². The van der Waals surface area contributed by atoms with E-state index in [1.54, 1.807) is 0 Å². The number of halogens is 3. The van der Waals surface area contributed by atoms with Gasteiger partial charge in [-0.3, -0.25) is 0 Å². The van der Waals surface area contributed by atoms with E-state index in [2.05, 4.69) is 0 Å². The summed E-state index contributed by atoms with van der Waals surface area (Å²) in [6, 6.07) is 4.41. The number of benzene rings is 1. The van der Waals surface area contributed by atoms with Crippen molar-refractivity contribution in [3.63, 3.8) is 0 Å². The maximum atomic E-state index is 12.4. The van der Waals surface area contributed by atoms with Gasteiger partial charge in [0, 0.05) is 6.54 Å². The van der Waals surface area contributed by atoms with E-state index in [0.717, 1.165) is 12.1 Å². The predicted molar refractivity (Wildman–Crippen MR) is 64.7 cm³/mol. The van der Waals surface area contributed by atoms with Crippen LogP contribution in [-0.4, -0.2) is 35.3 Å². The molecule has 110 valence electrons. The fourth-order valence-corrected chi connectivity index (χ4v) is 2.12. The van der Waals surface area contributed by atoms with E-state index in [-0.39, 0.29) is 12.6 Å². The molecule has 1 amide bonds. The van der Waals surface area contributed by atoms with Crippen LogP contribution in [-0.2, 0) is 6.18 Å². The number of hydrogen-bond acceptors (Lipinski definition) is 2. The lowest BCUT2D eigenvalue weighted by Gasteiger charge is -2.31. The molecule has 1 aromatic carbocycles. The van der Waals surface area contributed by atoms with Crippen LogP contribution in [0.5, 0.6) is 5.75 Å². The van der Waals surface area contributed by atoms with Crippen LogP contribution in [0.25, 0.3) is 0 Å². The summed E-state index contributed by atoms with van der Waals surface area (Å²) in [7, 11) is 0. The second kappa shape index (κ2) is 5.60. The molecule has 1 unspecified atom stereocenters. The number of ether oxygens (including phenoxy) is 1. The summed E-state index contributed by atoms with van der Waals surface area (Å²) >= 11 is 0. The Morgan fingerprint density at radius 1 is 1.30 bits per heavy atom. The molecule has 1 aliphatic rings. The van der Waals surface area contributed by atoms with Crippen LogP contribution in [0.2, 0.25) is 0 Å². The third kappa shape index (κ3) is 3.55. The van der Waals surface area contributed by atoms with Gasteiger partial charge < -0.3 is 14.7 Å². The molecular weight excluding hydrogens is 275 g/mol. The molecule has 4 nitrogen and oxygen atoms in total. The van der Waals surface area contributed by atoms with E-state index in [4.69, 9.17) is 9.84 Å². The van der Waals surface area contributed by atoms with E-state index in [1.165, 1.54) is 17.0 Å². The number of carboxylic acid groups (broad SMARTS) is 1. The third-order valence-corrected chi connectivity index (χ3v) is 3.13. The molecule has 20 heavy (non-hydrogen) atoms.